The van der Waals surface area contributed by atoms with Crippen LogP contribution in [0, 0.1) is 0 Å². The summed E-state index contributed by atoms with van der Waals surface area (Å²) in [5.41, 5.74) is 0. The molecule has 0 fully saturated rings. The predicted octanol–water partition coefficient (Wildman–Crippen LogP) is -3.36. The van der Waals surface area contributed by atoms with Crippen molar-refractivity contribution in [2.75, 3.05) is 0 Å². The summed E-state index contributed by atoms with van der Waals surface area (Å²) < 4.78 is 0. The number of hydrogen-bond acceptors (Lipinski definition) is 0. The van der Waals surface area contributed by atoms with Gasteiger partial charge in [-0.25, -0.2) is 0 Å². The molecule has 0 aliphatic carbocycles. The summed E-state index contributed by atoms with van der Waals surface area (Å²) >= 11 is 0. The van der Waals surface area contributed by atoms with Gasteiger partial charge in [0.15, 0.2) is 0 Å². The van der Waals surface area contributed by atoms with Gasteiger partial charge in [0, 0.05) is 0 Å². The van der Waals surface area contributed by atoms with Gasteiger partial charge in [0.1, 0.15) is 0 Å². The molecule has 9 nitrogen and oxygen atoms in total. The van der Waals surface area contributed by atoms with E-state index in [1.165, 1.54) is 0 Å². The van der Waals surface area contributed by atoms with Crippen molar-refractivity contribution in [3.8, 4) is 0 Å². The van der Waals surface area contributed by atoms with Crippen molar-refractivity contribution < 1.29 is 139 Å². The first kappa shape index (κ1) is 226. The van der Waals surface area contributed by atoms with E-state index in [1.54, 1.807) is 0 Å². The van der Waals surface area contributed by atoms with Crippen molar-refractivity contribution in [3.63, 3.8) is 0 Å². The Morgan fingerprint density at radius 1 is 0.316 bits per heavy atom. The molecule has 0 aromatic carbocycles. The monoisotopic (exact) mass is 1440 g/mol. The van der Waals surface area contributed by atoms with Gasteiger partial charge in [-0.3, -0.25) is 0 Å². The zero-order chi connectivity index (χ0) is 0. The molecule has 0 saturated heterocycles. The SMILES string of the molecule is [Ba+2].[Ba+2].[Ca+2].[Ca+2].[Cu+2].[Cu+2].[Hg+2].[Hg+2].[O-2].[O-2].[O-2].[O-2].[O-2].[O-2].[O-2].[O-2].[O-2].[Tl+].[Tl+]. The van der Waals surface area contributed by atoms with Crippen LogP contribution in [-0.2, 0) is 139 Å². The molecule has 0 N–H and O–H groups in total. The molecular weight excluding hydrogens is 1440 g/mol. The molecule has 0 atom stereocenters. The Morgan fingerprint density at radius 3 is 0.316 bits per heavy atom. The zero-order valence-electron chi connectivity index (χ0n) is 9.67. The fourth-order valence-electron chi connectivity index (χ4n) is 0. The fourth-order valence-corrected chi connectivity index (χ4v) is 0. The van der Waals surface area contributed by atoms with Crippen LogP contribution in [0.25, 0.3) is 0 Å². The molecule has 94 valence electrons. The molecule has 19 heteroatoms. The summed E-state index contributed by atoms with van der Waals surface area (Å²) in [6.07, 6.45) is 0. The molecule has 0 rings (SSSR count). The van der Waals surface area contributed by atoms with Crippen molar-refractivity contribution in [2.24, 2.45) is 0 Å². The molecule has 0 amide bonds. The molecule has 0 aromatic heterocycles. The average Bonchev–Trinajstić information content (AvgIpc) is 0. The number of rotatable bonds is 0. The molecule has 0 unspecified atom stereocenters. The maximum Gasteiger partial charge on any atom is 2.00 e. The van der Waals surface area contributed by atoms with Gasteiger partial charge in [0.05, 0.1) is 0 Å². The maximum atomic E-state index is 0. The Hall–Kier alpha value is 10.1. The van der Waals surface area contributed by atoms with E-state index >= 15 is 0 Å². The topological polar surface area (TPSA) is 256 Å². The predicted molar refractivity (Wildman–Crippen MR) is 40.7 cm³/mol. The smallest absolute Gasteiger partial charge is 2.00 e. The molecule has 0 spiro atoms. The third-order valence-electron chi connectivity index (χ3n) is 0. The summed E-state index contributed by atoms with van der Waals surface area (Å²) in [6.45, 7) is 0. The van der Waals surface area contributed by atoms with Crippen molar-refractivity contribution in [1.29, 1.82) is 0 Å². The van der Waals surface area contributed by atoms with Crippen LogP contribution in [-0.4, -0.2) is 228 Å². The van der Waals surface area contributed by atoms with Crippen LogP contribution in [0.3, 0.4) is 0 Å². The average molecular weight is 1440 g/mol. The van der Waals surface area contributed by atoms with E-state index in [9.17, 15) is 0 Å². The van der Waals surface area contributed by atoms with Gasteiger partial charge in [-0.2, -0.15) is 0 Å². The van der Waals surface area contributed by atoms with E-state index in [0.717, 1.165) is 0 Å². The summed E-state index contributed by atoms with van der Waals surface area (Å²) in [6, 6.07) is 0. The largest absolute Gasteiger partial charge is 2.00 e. The molecular formula is Ba2Ca2Cu2Hg2O9Tl2. The molecule has 0 aliphatic rings. The van der Waals surface area contributed by atoms with Crippen LogP contribution in [0.2, 0.25) is 0 Å². The Labute approximate surface area is 355 Å². The maximum absolute atomic E-state index is 0. The Balaban J connectivity index is 0. The summed E-state index contributed by atoms with van der Waals surface area (Å²) in [7, 11) is 0. The van der Waals surface area contributed by atoms with Gasteiger partial charge in [-0.1, -0.05) is 0 Å². The van der Waals surface area contributed by atoms with Crippen LogP contribution < -0.4 is 0 Å². The van der Waals surface area contributed by atoms with Crippen molar-refractivity contribution in [3.05, 3.63) is 0 Å². The van der Waals surface area contributed by atoms with Crippen LogP contribution in [0.4, 0.5) is 0 Å². The minimum Gasteiger partial charge on any atom is -2.00 e. The molecule has 2 radical (unpaired) electrons. The first-order chi connectivity index (χ1) is 0. The minimum atomic E-state index is 0. The van der Waals surface area contributed by atoms with Crippen molar-refractivity contribution >= 4 is 228 Å². The van der Waals surface area contributed by atoms with E-state index in [-0.39, 0.29) is 367 Å². The van der Waals surface area contributed by atoms with E-state index in [4.69, 9.17) is 0 Å². The quantitative estimate of drug-likeness (QED) is 0.216. The second-order valence-corrected chi connectivity index (χ2v) is 0. The molecule has 19 heavy (non-hydrogen) atoms. The van der Waals surface area contributed by atoms with Gasteiger partial charge >= 0.3 is 317 Å². The van der Waals surface area contributed by atoms with Gasteiger partial charge in [0.25, 0.3) is 0 Å². The Kier molecular flexibility index (Phi) is 2420. The van der Waals surface area contributed by atoms with Crippen LogP contribution in [0.1, 0.15) is 0 Å². The number of hydrogen-bond donors (Lipinski definition) is 0. The molecule has 0 aliphatic heterocycles. The second kappa shape index (κ2) is 203. The molecule has 0 saturated carbocycles. The normalized spacial score (nSPS) is 0. The minimum absolute atomic E-state index is 0. The van der Waals surface area contributed by atoms with Gasteiger partial charge in [-0.15, -0.1) is 0 Å². The van der Waals surface area contributed by atoms with Gasteiger partial charge in [-0.05, 0) is 0 Å². The van der Waals surface area contributed by atoms with Crippen LogP contribution in [0.5, 0.6) is 0 Å². The van der Waals surface area contributed by atoms with E-state index in [0.29, 0.717) is 0 Å². The standard InChI is InChI=1S/2Ba.2Ca.2Cu.2Hg.9O.2Tl/q8*+2;9*-2;2*+1. The Bertz CT molecular complexity index is 42.2. The third kappa shape index (κ3) is 188. The second-order valence-electron chi connectivity index (χ2n) is 0. The summed E-state index contributed by atoms with van der Waals surface area (Å²) in [4.78, 5) is 0. The van der Waals surface area contributed by atoms with Gasteiger partial charge < -0.3 is 49.3 Å². The van der Waals surface area contributed by atoms with Crippen molar-refractivity contribution in [1.82, 2.24) is 0 Å². The van der Waals surface area contributed by atoms with E-state index < -0.39 is 0 Å². The zero-order valence-corrected chi connectivity index (χ0v) is 44.8. The molecule has 0 bridgehead atoms. The van der Waals surface area contributed by atoms with Gasteiger partial charge in [0.2, 0.25) is 0 Å². The van der Waals surface area contributed by atoms with Crippen molar-refractivity contribution in [2.45, 2.75) is 0 Å². The third-order valence-corrected chi connectivity index (χ3v) is 0. The first-order valence-corrected chi connectivity index (χ1v) is 0. The molecule has 0 aromatic rings. The summed E-state index contributed by atoms with van der Waals surface area (Å²) in [5, 5.41) is 0. The summed E-state index contributed by atoms with van der Waals surface area (Å²) in [5.74, 6) is 0. The van der Waals surface area contributed by atoms with Crippen LogP contribution >= 0.6 is 0 Å². The van der Waals surface area contributed by atoms with E-state index in [2.05, 4.69) is 0 Å². The Morgan fingerprint density at radius 2 is 0.316 bits per heavy atom. The van der Waals surface area contributed by atoms with Crippen LogP contribution in [0.15, 0.2) is 0 Å². The fraction of sp³-hybridized carbons (Fsp3) is 0. The van der Waals surface area contributed by atoms with E-state index in [1.807, 2.05) is 0 Å². The molecule has 0 heterocycles. The first-order valence-electron chi connectivity index (χ1n) is 0.